The van der Waals surface area contributed by atoms with Gasteiger partial charge in [0, 0.05) is 24.9 Å². The van der Waals surface area contributed by atoms with E-state index in [0.717, 1.165) is 31.6 Å². The zero-order valence-electron chi connectivity index (χ0n) is 11.8. The molecular weight excluding hydrogens is 260 g/mol. The Balaban J connectivity index is 1.58. The molecule has 0 spiro atoms. The SMILES string of the molecule is CS(=O)(=O)C1CCCC(NC2CN3CCC2CC3)C1. The summed E-state index contributed by atoms with van der Waals surface area (Å²) in [5.74, 6) is 0.823. The van der Waals surface area contributed by atoms with E-state index in [1.54, 1.807) is 0 Å². The number of fused-ring (bicyclic) bond motifs is 3. The van der Waals surface area contributed by atoms with Crippen molar-refractivity contribution in [1.82, 2.24) is 10.2 Å². The highest BCUT2D eigenvalue weighted by atomic mass is 32.2. The van der Waals surface area contributed by atoms with E-state index in [2.05, 4.69) is 10.2 Å². The second-order valence-corrected chi connectivity index (χ2v) is 9.05. The van der Waals surface area contributed by atoms with Crippen molar-refractivity contribution in [1.29, 1.82) is 0 Å². The van der Waals surface area contributed by atoms with Crippen molar-refractivity contribution < 1.29 is 8.42 Å². The molecule has 5 heteroatoms. The van der Waals surface area contributed by atoms with Gasteiger partial charge in [0.25, 0.3) is 0 Å². The molecule has 4 nitrogen and oxygen atoms in total. The van der Waals surface area contributed by atoms with Crippen molar-refractivity contribution in [2.24, 2.45) is 5.92 Å². The van der Waals surface area contributed by atoms with Gasteiger partial charge in [0.2, 0.25) is 0 Å². The van der Waals surface area contributed by atoms with E-state index < -0.39 is 9.84 Å². The van der Waals surface area contributed by atoms with Crippen LogP contribution in [-0.4, -0.2) is 56.5 Å². The van der Waals surface area contributed by atoms with Crippen molar-refractivity contribution in [2.75, 3.05) is 25.9 Å². The molecule has 3 aliphatic heterocycles. The summed E-state index contributed by atoms with van der Waals surface area (Å²) in [6.45, 7) is 3.70. The predicted octanol–water partition coefficient (Wildman–Crippen LogP) is 1.03. The Morgan fingerprint density at radius 2 is 1.84 bits per heavy atom. The largest absolute Gasteiger partial charge is 0.310 e. The second kappa shape index (κ2) is 5.34. The highest BCUT2D eigenvalue weighted by Crippen LogP contribution is 2.30. The van der Waals surface area contributed by atoms with Crippen LogP contribution in [-0.2, 0) is 9.84 Å². The standard InChI is InChI=1S/C14H26N2O2S/c1-19(17,18)13-4-2-3-12(9-13)15-14-10-16-7-5-11(14)6-8-16/h11-15H,2-10H2,1H3. The Morgan fingerprint density at radius 1 is 1.11 bits per heavy atom. The third-order valence-electron chi connectivity index (χ3n) is 5.34. The molecule has 4 aliphatic rings. The molecule has 110 valence electrons. The summed E-state index contributed by atoms with van der Waals surface area (Å²) in [6, 6.07) is 1.02. The van der Waals surface area contributed by atoms with Crippen LogP contribution < -0.4 is 5.32 Å². The molecule has 3 heterocycles. The van der Waals surface area contributed by atoms with Gasteiger partial charge in [-0.1, -0.05) is 6.42 Å². The van der Waals surface area contributed by atoms with Crippen molar-refractivity contribution >= 4 is 9.84 Å². The van der Waals surface area contributed by atoms with E-state index in [1.807, 2.05) is 0 Å². The molecule has 3 saturated heterocycles. The molecule has 0 aromatic carbocycles. The average Bonchev–Trinajstić information content (AvgIpc) is 2.39. The van der Waals surface area contributed by atoms with Crippen LogP contribution >= 0.6 is 0 Å². The molecule has 1 aliphatic carbocycles. The summed E-state index contributed by atoms with van der Waals surface area (Å²) >= 11 is 0. The molecule has 2 bridgehead atoms. The van der Waals surface area contributed by atoms with Gasteiger partial charge in [-0.2, -0.15) is 0 Å². The smallest absolute Gasteiger partial charge is 0.150 e. The van der Waals surface area contributed by atoms with Crippen LogP contribution in [0.25, 0.3) is 0 Å². The summed E-state index contributed by atoms with van der Waals surface area (Å²) in [5.41, 5.74) is 0. The molecule has 1 saturated carbocycles. The fourth-order valence-corrected chi connectivity index (χ4v) is 5.32. The molecule has 19 heavy (non-hydrogen) atoms. The average molecular weight is 286 g/mol. The first kappa shape index (κ1) is 13.8. The normalized spacial score (nSPS) is 43.3. The van der Waals surface area contributed by atoms with Crippen LogP contribution in [0.3, 0.4) is 0 Å². The molecule has 4 fully saturated rings. The van der Waals surface area contributed by atoms with E-state index in [0.29, 0.717) is 12.1 Å². The predicted molar refractivity (Wildman–Crippen MR) is 77.0 cm³/mol. The van der Waals surface area contributed by atoms with Crippen LogP contribution in [0.2, 0.25) is 0 Å². The number of hydrogen-bond donors (Lipinski definition) is 1. The quantitative estimate of drug-likeness (QED) is 0.842. The van der Waals surface area contributed by atoms with Crippen LogP contribution in [0.15, 0.2) is 0 Å². The fraction of sp³-hybridized carbons (Fsp3) is 1.00. The maximum atomic E-state index is 11.7. The van der Waals surface area contributed by atoms with Crippen molar-refractivity contribution in [2.45, 2.75) is 55.9 Å². The molecule has 4 rings (SSSR count). The van der Waals surface area contributed by atoms with Crippen molar-refractivity contribution in [3.05, 3.63) is 0 Å². The van der Waals surface area contributed by atoms with Gasteiger partial charge in [-0.05, 0) is 51.1 Å². The molecular formula is C14H26N2O2S. The number of piperidine rings is 3. The lowest BCUT2D eigenvalue weighted by molar-refractivity contribution is 0.0643. The highest BCUT2D eigenvalue weighted by Gasteiger charge is 2.36. The first-order valence-electron chi connectivity index (χ1n) is 7.69. The highest BCUT2D eigenvalue weighted by molar-refractivity contribution is 7.91. The van der Waals surface area contributed by atoms with E-state index in [1.165, 1.54) is 38.7 Å². The van der Waals surface area contributed by atoms with E-state index in [4.69, 9.17) is 0 Å². The maximum Gasteiger partial charge on any atom is 0.150 e. The Morgan fingerprint density at radius 3 is 2.42 bits per heavy atom. The zero-order chi connectivity index (χ0) is 13.5. The number of rotatable bonds is 3. The summed E-state index contributed by atoms with van der Waals surface area (Å²) < 4.78 is 23.4. The molecule has 0 amide bonds. The maximum absolute atomic E-state index is 11.7. The van der Waals surface area contributed by atoms with Gasteiger partial charge in [-0.15, -0.1) is 0 Å². The summed E-state index contributed by atoms with van der Waals surface area (Å²) in [4.78, 5) is 2.55. The zero-order valence-corrected chi connectivity index (χ0v) is 12.7. The van der Waals surface area contributed by atoms with Gasteiger partial charge in [0.15, 0.2) is 0 Å². The first-order valence-corrected chi connectivity index (χ1v) is 9.65. The van der Waals surface area contributed by atoms with Crippen LogP contribution in [0.4, 0.5) is 0 Å². The van der Waals surface area contributed by atoms with Gasteiger partial charge < -0.3 is 10.2 Å². The van der Waals surface area contributed by atoms with Crippen molar-refractivity contribution in [3.8, 4) is 0 Å². The Bertz CT molecular complexity index is 415. The number of nitrogens with zero attached hydrogens (tertiary/aromatic N) is 1. The number of nitrogens with one attached hydrogen (secondary N) is 1. The van der Waals surface area contributed by atoms with Gasteiger partial charge in [0.1, 0.15) is 9.84 Å². The van der Waals surface area contributed by atoms with Gasteiger partial charge in [-0.25, -0.2) is 8.42 Å². The monoisotopic (exact) mass is 286 g/mol. The van der Waals surface area contributed by atoms with Gasteiger partial charge in [0.05, 0.1) is 5.25 Å². The van der Waals surface area contributed by atoms with E-state index >= 15 is 0 Å². The van der Waals surface area contributed by atoms with Crippen LogP contribution in [0.1, 0.15) is 38.5 Å². The molecule has 3 unspecified atom stereocenters. The number of sulfone groups is 1. The topological polar surface area (TPSA) is 49.4 Å². The molecule has 0 aromatic rings. The lowest BCUT2D eigenvalue weighted by Crippen LogP contribution is -2.58. The third kappa shape index (κ3) is 3.14. The van der Waals surface area contributed by atoms with E-state index in [-0.39, 0.29) is 5.25 Å². The van der Waals surface area contributed by atoms with Crippen LogP contribution in [0.5, 0.6) is 0 Å². The Kier molecular flexibility index (Phi) is 3.89. The minimum Gasteiger partial charge on any atom is -0.310 e. The molecule has 1 N–H and O–H groups in total. The minimum atomic E-state index is -2.86. The second-order valence-electron chi connectivity index (χ2n) is 6.73. The third-order valence-corrected chi connectivity index (χ3v) is 6.98. The first-order chi connectivity index (χ1) is 9.02. The lowest BCUT2D eigenvalue weighted by atomic mass is 9.82. The molecule has 0 radical (unpaired) electrons. The van der Waals surface area contributed by atoms with E-state index in [9.17, 15) is 8.42 Å². The number of hydrogen-bond acceptors (Lipinski definition) is 4. The molecule has 3 atom stereocenters. The van der Waals surface area contributed by atoms with Crippen LogP contribution in [0, 0.1) is 5.92 Å². The summed E-state index contributed by atoms with van der Waals surface area (Å²) in [6.07, 6.45) is 7.92. The summed E-state index contributed by atoms with van der Waals surface area (Å²) in [5, 5.41) is 3.67. The van der Waals surface area contributed by atoms with Gasteiger partial charge >= 0.3 is 0 Å². The molecule has 0 aromatic heterocycles. The fourth-order valence-electron chi connectivity index (χ4n) is 4.14. The lowest BCUT2D eigenvalue weighted by Gasteiger charge is -2.47. The Hall–Kier alpha value is -0.130. The Labute approximate surface area is 116 Å². The minimum absolute atomic E-state index is 0.111. The van der Waals surface area contributed by atoms with Gasteiger partial charge in [-0.3, -0.25) is 0 Å². The van der Waals surface area contributed by atoms with Crippen molar-refractivity contribution in [3.63, 3.8) is 0 Å². The summed E-state index contributed by atoms with van der Waals surface area (Å²) in [7, 11) is -2.86.